The van der Waals surface area contributed by atoms with E-state index in [1.165, 1.54) is 12.1 Å². The van der Waals surface area contributed by atoms with E-state index in [2.05, 4.69) is 5.73 Å². The lowest BCUT2D eigenvalue weighted by Crippen LogP contribution is -1.99. The molecule has 1 rings (SSSR count). The first-order chi connectivity index (χ1) is 8.90. The topological polar surface area (TPSA) is 60.7 Å². The minimum atomic E-state index is -0.736. The summed E-state index contributed by atoms with van der Waals surface area (Å²) in [5.74, 6) is 0.0733. The van der Waals surface area contributed by atoms with Crippen molar-refractivity contribution in [2.45, 2.75) is 38.9 Å². The van der Waals surface area contributed by atoms with Crippen molar-refractivity contribution < 1.29 is 15.3 Å². The molecule has 0 aliphatic carbocycles. The quantitative estimate of drug-likeness (QED) is 0.726. The molecule has 19 heavy (non-hydrogen) atoms. The molecular weight excluding hydrogens is 264 g/mol. The zero-order valence-electron chi connectivity index (χ0n) is 11.1. The third-order valence-electron chi connectivity index (χ3n) is 2.63. The molecule has 0 unspecified atom stereocenters. The van der Waals surface area contributed by atoms with Gasteiger partial charge >= 0.3 is 0 Å². The number of phenols is 1. The number of phenolic OH excluding ortho intramolecular Hbond substituents is 1. The molecule has 0 aromatic heterocycles. The van der Waals surface area contributed by atoms with Crippen LogP contribution in [0.25, 0.3) is 0 Å². The van der Waals surface area contributed by atoms with Crippen molar-refractivity contribution in [2.75, 3.05) is 0 Å². The first-order valence-corrected chi connectivity index (χ1v) is 6.53. The maximum Gasteiger partial charge on any atom is 0.117 e. The van der Waals surface area contributed by atoms with E-state index in [9.17, 15) is 15.3 Å². The fourth-order valence-corrected chi connectivity index (χ4v) is 2.06. The Morgan fingerprint density at radius 1 is 1.42 bits per heavy atom. The van der Waals surface area contributed by atoms with Crippen LogP contribution >= 0.6 is 11.6 Å². The Bertz CT molecular complexity index is 488. The minimum absolute atomic E-state index is 0.0733. The lowest BCUT2D eigenvalue weighted by molar-refractivity contribution is 0.181. The van der Waals surface area contributed by atoms with Crippen molar-refractivity contribution in [3.05, 3.63) is 46.2 Å². The van der Waals surface area contributed by atoms with Gasteiger partial charge in [0.1, 0.15) is 5.75 Å². The summed E-state index contributed by atoms with van der Waals surface area (Å²) < 4.78 is 0. The van der Waals surface area contributed by atoms with Crippen molar-refractivity contribution in [1.29, 1.82) is 0 Å². The molecule has 104 valence electrons. The Morgan fingerprint density at radius 3 is 2.68 bits per heavy atom. The number of benzene rings is 1. The van der Waals surface area contributed by atoms with Gasteiger partial charge in [-0.25, -0.2) is 0 Å². The molecule has 3 nitrogen and oxygen atoms in total. The van der Waals surface area contributed by atoms with Crippen molar-refractivity contribution in [3.8, 4) is 5.75 Å². The summed E-state index contributed by atoms with van der Waals surface area (Å²) in [5, 5.41) is 28.8. The van der Waals surface area contributed by atoms with Gasteiger partial charge in [-0.15, -0.1) is 5.73 Å². The predicted octanol–water partition coefficient (Wildman–Crippen LogP) is 3.34. The van der Waals surface area contributed by atoms with Gasteiger partial charge in [-0.1, -0.05) is 17.7 Å². The largest absolute Gasteiger partial charge is 0.508 e. The van der Waals surface area contributed by atoms with E-state index >= 15 is 0 Å². The van der Waals surface area contributed by atoms with Crippen molar-refractivity contribution in [1.82, 2.24) is 0 Å². The molecule has 4 heteroatoms. The molecular formula is C15H19ClO3. The molecule has 0 saturated heterocycles. The molecule has 1 aromatic carbocycles. The van der Waals surface area contributed by atoms with E-state index in [4.69, 9.17) is 11.6 Å². The second-order valence-electron chi connectivity index (χ2n) is 4.64. The number of hydrogen-bond donors (Lipinski definition) is 3. The smallest absolute Gasteiger partial charge is 0.117 e. The van der Waals surface area contributed by atoms with Crippen LogP contribution in [0.2, 0.25) is 5.02 Å². The van der Waals surface area contributed by atoms with Crippen LogP contribution in [-0.2, 0) is 0 Å². The van der Waals surface area contributed by atoms with Crippen LogP contribution in [0.4, 0.5) is 0 Å². The Balaban J connectivity index is 2.70. The van der Waals surface area contributed by atoms with Gasteiger partial charge in [0.15, 0.2) is 0 Å². The SMILES string of the molecule is CC(=C=CC[C@@H](O)c1ccc(O)cc1Cl)C[C@H](C)O. The average molecular weight is 283 g/mol. The zero-order chi connectivity index (χ0) is 14.4. The van der Waals surface area contributed by atoms with Crippen molar-refractivity contribution in [2.24, 2.45) is 0 Å². The molecule has 2 atom stereocenters. The first-order valence-electron chi connectivity index (χ1n) is 6.15. The van der Waals surface area contributed by atoms with E-state index in [-0.39, 0.29) is 5.75 Å². The molecule has 0 radical (unpaired) electrons. The molecule has 0 spiro atoms. The molecule has 3 N–H and O–H groups in total. The fourth-order valence-electron chi connectivity index (χ4n) is 1.76. The monoisotopic (exact) mass is 282 g/mol. The van der Waals surface area contributed by atoms with E-state index in [1.807, 2.05) is 6.92 Å². The highest BCUT2D eigenvalue weighted by Crippen LogP contribution is 2.28. The molecule has 0 heterocycles. The normalized spacial score (nSPS) is 13.5. The molecule has 1 aromatic rings. The summed E-state index contributed by atoms with van der Waals surface area (Å²) in [4.78, 5) is 0. The standard InChI is InChI=1S/C15H19ClO3/c1-10(8-11(2)17)4-3-5-15(19)13-7-6-12(18)9-14(13)16/h3,6-7,9,11,15,17-19H,5,8H2,1-2H3/t4?,11-,15+/m0/s1. The second kappa shape index (κ2) is 7.37. The Hall–Kier alpha value is -1.25. The summed E-state index contributed by atoms with van der Waals surface area (Å²) >= 11 is 5.94. The highest BCUT2D eigenvalue weighted by Gasteiger charge is 2.10. The van der Waals surface area contributed by atoms with Crippen LogP contribution in [0.1, 0.15) is 38.4 Å². The highest BCUT2D eigenvalue weighted by molar-refractivity contribution is 6.31. The van der Waals surface area contributed by atoms with Gasteiger partial charge in [-0.2, -0.15) is 0 Å². The predicted molar refractivity (Wildman–Crippen MR) is 76.3 cm³/mol. The van der Waals surface area contributed by atoms with Crippen LogP contribution in [0, 0.1) is 0 Å². The van der Waals surface area contributed by atoms with Gasteiger partial charge in [-0.3, -0.25) is 0 Å². The number of aliphatic hydroxyl groups excluding tert-OH is 2. The number of hydrogen-bond acceptors (Lipinski definition) is 3. The van der Waals surface area contributed by atoms with Crippen LogP contribution in [0.5, 0.6) is 5.75 Å². The lowest BCUT2D eigenvalue weighted by Gasteiger charge is -2.10. The third-order valence-corrected chi connectivity index (χ3v) is 2.96. The summed E-state index contributed by atoms with van der Waals surface area (Å²) in [6.07, 6.45) is 1.54. The Morgan fingerprint density at radius 2 is 2.11 bits per heavy atom. The Kier molecular flexibility index (Phi) is 6.13. The number of aromatic hydroxyl groups is 1. The summed E-state index contributed by atoms with van der Waals surface area (Å²) in [7, 11) is 0. The van der Waals surface area contributed by atoms with E-state index in [0.717, 1.165) is 5.57 Å². The molecule has 0 saturated carbocycles. The first kappa shape index (κ1) is 15.8. The average Bonchev–Trinajstić information content (AvgIpc) is 2.27. The van der Waals surface area contributed by atoms with Crippen molar-refractivity contribution in [3.63, 3.8) is 0 Å². The summed E-state index contributed by atoms with van der Waals surface area (Å²) in [6, 6.07) is 4.49. The van der Waals surface area contributed by atoms with E-state index in [1.54, 1.807) is 19.1 Å². The molecule has 0 amide bonds. The van der Waals surface area contributed by atoms with Gasteiger partial charge < -0.3 is 15.3 Å². The van der Waals surface area contributed by atoms with Gasteiger partial charge in [0.05, 0.1) is 17.2 Å². The molecule has 0 aliphatic rings. The number of rotatable bonds is 5. The Labute approximate surface area is 118 Å². The summed E-state index contributed by atoms with van der Waals surface area (Å²) in [5.41, 5.74) is 4.53. The molecule has 0 fully saturated rings. The highest BCUT2D eigenvalue weighted by atomic mass is 35.5. The van der Waals surface area contributed by atoms with Crippen LogP contribution in [-0.4, -0.2) is 21.4 Å². The van der Waals surface area contributed by atoms with E-state index in [0.29, 0.717) is 23.4 Å². The van der Waals surface area contributed by atoms with E-state index < -0.39 is 12.2 Å². The summed E-state index contributed by atoms with van der Waals surface area (Å²) in [6.45, 7) is 3.60. The van der Waals surface area contributed by atoms with Crippen LogP contribution in [0.3, 0.4) is 0 Å². The van der Waals surface area contributed by atoms with Gasteiger partial charge in [0.2, 0.25) is 0 Å². The number of aliphatic hydroxyl groups is 2. The van der Waals surface area contributed by atoms with Gasteiger partial charge in [0.25, 0.3) is 0 Å². The lowest BCUT2D eigenvalue weighted by atomic mass is 10.1. The third kappa shape index (κ3) is 5.50. The number of halogens is 1. The van der Waals surface area contributed by atoms with Gasteiger partial charge in [0, 0.05) is 12.8 Å². The second-order valence-corrected chi connectivity index (χ2v) is 5.05. The minimum Gasteiger partial charge on any atom is -0.508 e. The van der Waals surface area contributed by atoms with Gasteiger partial charge in [-0.05, 0) is 43.2 Å². The maximum atomic E-state index is 9.99. The van der Waals surface area contributed by atoms with Crippen LogP contribution in [0.15, 0.2) is 35.6 Å². The van der Waals surface area contributed by atoms with Crippen LogP contribution < -0.4 is 0 Å². The fraction of sp³-hybridized carbons (Fsp3) is 0.400. The molecule has 0 aliphatic heterocycles. The van der Waals surface area contributed by atoms with Crippen molar-refractivity contribution >= 4 is 11.6 Å². The zero-order valence-corrected chi connectivity index (χ0v) is 11.9. The molecule has 0 bridgehead atoms. The maximum absolute atomic E-state index is 9.99.